The number of hydrogen-bond donors (Lipinski definition) is 0. The first-order valence-electron chi connectivity index (χ1n) is 6.36. The monoisotopic (exact) mass is 234 g/mol. The number of nitrogens with zero attached hydrogens (tertiary/aromatic N) is 2. The zero-order valence-corrected chi connectivity index (χ0v) is 11.3. The molecule has 0 atom stereocenters. The quantitative estimate of drug-likeness (QED) is 0.745. The lowest BCUT2D eigenvalue weighted by Crippen LogP contribution is -2.29. The molecule has 2 heterocycles. The fraction of sp³-hybridized carbons (Fsp3) is 0.643. The minimum atomic E-state index is 0.0297. The van der Waals surface area contributed by atoms with Gasteiger partial charge in [0.2, 0.25) is 0 Å². The van der Waals surface area contributed by atoms with Gasteiger partial charge in [0.05, 0.1) is 0 Å². The molecule has 1 fully saturated rings. The van der Waals surface area contributed by atoms with E-state index in [4.69, 9.17) is 0 Å². The summed E-state index contributed by atoms with van der Waals surface area (Å²) < 4.78 is 1.76. The first-order chi connectivity index (χ1) is 7.89. The third-order valence-corrected chi connectivity index (χ3v) is 3.53. The first kappa shape index (κ1) is 12.2. The van der Waals surface area contributed by atoms with Crippen molar-refractivity contribution in [1.82, 2.24) is 4.57 Å². The minimum absolute atomic E-state index is 0.0297. The highest BCUT2D eigenvalue weighted by Crippen LogP contribution is 2.26. The molecule has 0 aromatic carbocycles. The molecule has 1 aromatic heterocycles. The lowest BCUT2D eigenvalue weighted by Gasteiger charge is -2.25. The van der Waals surface area contributed by atoms with Crippen molar-refractivity contribution in [2.24, 2.45) is 7.05 Å². The highest BCUT2D eigenvalue weighted by molar-refractivity contribution is 5.45. The van der Waals surface area contributed by atoms with E-state index < -0.39 is 0 Å². The number of rotatable bonds is 1. The summed E-state index contributed by atoms with van der Waals surface area (Å²) in [5.74, 6) is 1.07. The molecule has 0 N–H and O–H groups in total. The van der Waals surface area contributed by atoms with Crippen LogP contribution in [0.2, 0.25) is 0 Å². The summed E-state index contributed by atoms with van der Waals surface area (Å²) in [5.41, 5.74) is 1.25. The average Bonchev–Trinajstić information content (AvgIpc) is 2.73. The van der Waals surface area contributed by atoms with Gasteiger partial charge in [0.25, 0.3) is 5.56 Å². The van der Waals surface area contributed by atoms with Crippen molar-refractivity contribution >= 4 is 5.82 Å². The molecular formula is C14H22N2O. The van der Waals surface area contributed by atoms with E-state index in [0.717, 1.165) is 24.5 Å². The highest BCUT2D eigenvalue weighted by Gasteiger charge is 2.20. The second-order valence-electron chi connectivity index (χ2n) is 5.94. The predicted octanol–water partition coefficient (Wildman–Crippen LogP) is 2.28. The van der Waals surface area contributed by atoms with Gasteiger partial charge >= 0.3 is 0 Å². The van der Waals surface area contributed by atoms with E-state index in [-0.39, 0.29) is 11.0 Å². The molecule has 0 aliphatic carbocycles. The van der Waals surface area contributed by atoms with Gasteiger partial charge in [-0.05, 0) is 29.9 Å². The Morgan fingerprint density at radius 3 is 2.24 bits per heavy atom. The zero-order valence-electron chi connectivity index (χ0n) is 11.3. The van der Waals surface area contributed by atoms with Crippen LogP contribution >= 0.6 is 0 Å². The molecule has 0 unspecified atom stereocenters. The largest absolute Gasteiger partial charge is 0.358 e. The predicted molar refractivity (Wildman–Crippen MR) is 71.8 cm³/mol. The van der Waals surface area contributed by atoms with Gasteiger partial charge in [-0.2, -0.15) is 0 Å². The summed E-state index contributed by atoms with van der Waals surface area (Å²) >= 11 is 0. The summed E-state index contributed by atoms with van der Waals surface area (Å²) in [5, 5.41) is 0. The molecular weight excluding hydrogens is 212 g/mol. The van der Waals surface area contributed by atoms with Gasteiger partial charge < -0.3 is 4.90 Å². The Morgan fingerprint density at radius 1 is 1.12 bits per heavy atom. The summed E-state index contributed by atoms with van der Waals surface area (Å²) in [6, 6.07) is 3.94. The molecule has 0 saturated carbocycles. The van der Waals surface area contributed by atoms with Crippen LogP contribution in [0.5, 0.6) is 0 Å². The van der Waals surface area contributed by atoms with Gasteiger partial charge in [-0.1, -0.05) is 20.8 Å². The molecule has 1 saturated heterocycles. The number of aromatic nitrogens is 1. The fourth-order valence-corrected chi connectivity index (χ4v) is 2.30. The SMILES string of the molecule is Cn1c(N2CCCC2)cc(C(C)(C)C)cc1=O. The summed E-state index contributed by atoms with van der Waals surface area (Å²) in [7, 11) is 1.86. The standard InChI is InChI=1S/C14H22N2O/c1-14(2,3)11-9-12(15(4)13(17)10-11)16-7-5-6-8-16/h9-10H,5-8H2,1-4H3. The van der Waals surface area contributed by atoms with Crippen molar-refractivity contribution in [2.75, 3.05) is 18.0 Å². The number of pyridine rings is 1. The van der Waals surface area contributed by atoms with Gasteiger partial charge in [0, 0.05) is 26.2 Å². The normalized spacial score (nSPS) is 16.6. The van der Waals surface area contributed by atoms with E-state index in [1.54, 1.807) is 10.6 Å². The third-order valence-electron chi connectivity index (χ3n) is 3.53. The van der Waals surface area contributed by atoms with Crippen molar-refractivity contribution in [3.63, 3.8) is 0 Å². The molecule has 0 amide bonds. The Morgan fingerprint density at radius 2 is 1.71 bits per heavy atom. The Hall–Kier alpha value is -1.25. The molecule has 1 aliphatic rings. The molecule has 2 rings (SSSR count). The first-order valence-corrected chi connectivity index (χ1v) is 6.36. The van der Waals surface area contributed by atoms with E-state index in [1.807, 2.05) is 7.05 Å². The molecule has 0 spiro atoms. The lowest BCUT2D eigenvalue weighted by atomic mass is 9.87. The minimum Gasteiger partial charge on any atom is -0.358 e. The summed E-state index contributed by atoms with van der Waals surface area (Å²) in [6.45, 7) is 8.59. The highest BCUT2D eigenvalue weighted by atomic mass is 16.1. The topological polar surface area (TPSA) is 25.2 Å². The van der Waals surface area contributed by atoms with Gasteiger partial charge in [0.15, 0.2) is 0 Å². The molecule has 1 aromatic rings. The molecule has 1 aliphatic heterocycles. The van der Waals surface area contributed by atoms with Crippen molar-refractivity contribution in [3.8, 4) is 0 Å². The fourth-order valence-electron chi connectivity index (χ4n) is 2.30. The van der Waals surface area contributed by atoms with E-state index in [2.05, 4.69) is 31.7 Å². The summed E-state index contributed by atoms with van der Waals surface area (Å²) in [6.07, 6.45) is 2.46. The Kier molecular flexibility index (Phi) is 3.02. The maximum atomic E-state index is 12.0. The maximum absolute atomic E-state index is 12.0. The molecule has 3 nitrogen and oxygen atoms in total. The van der Waals surface area contributed by atoms with Crippen molar-refractivity contribution < 1.29 is 0 Å². The van der Waals surface area contributed by atoms with E-state index in [9.17, 15) is 4.79 Å². The Bertz CT molecular complexity index is 462. The van der Waals surface area contributed by atoms with Crippen LogP contribution in [0.25, 0.3) is 0 Å². The van der Waals surface area contributed by atoms with Crippen LogP contribution in [0, 0.1) is 0 Å². The molecule has 17 heavy (non-hydrogen) atoms. The van der Waals surface area contributed by atoms with Crippen LogP contribution in [0.4, 0.5) is 5.82 Å². The van der Waals surface area contributed by atoms with Crippen LogP contribution in [0.15, 0.2) is 16.9 Å². The van der Waals surface area contributed by atoms with Crippen LogP contribution in [-0.4, -0.2) is 17.7 Å². The lowest BCUT2D eigenvalue weighted by molar-refractivity contribution is 0.585. The molecule has 0 bridgehead atoms. The number of hydrogen-bond acceptors (Lipinski definition) is 2. The van der Waals surface area contributed by atoms with Crippen LogP contribution < -0.4 is 10.5 Å². The summed E-state index contributed by atoms with van der Waals surface area (Å²) in [4.78, 5) is 14.3. The molecule has 0 radical (unpaired) electrons. The smallest absolute Gasteiger partial charge is 0.252 e. The maximum Gasteiger partial charge on any atom is 0.252 e. The van der Waals surface area contributed by atoms with E-state index in [0.29, 0.717) is 0 Å². The van der Waals surface area contributed by atoms with Crippen molar-refractivity contribution in [2.45, 2.75) is 39.0 Å². The second-order valence-corrected chi connectivity index (χ2v) is 5.94. The van der Waals surface area contributed by atoms with Gasteiger partial charge in [0.1, 0.15) is 5.82 Å². The van der Waals surface area contributed by atoms with Gasteiger partial charge in [-0.25, -0.2) is 0 Å². The number of anilines is 1. The van der Waals surface area contributed by atoms with Gasteiger partial charge in [-0.3, -0.25) is 9.36 Å². The van der Waals surface area contributed by atoms with Crippen LogP contribution in [0.3, 0.4) is 0 Å². The van der Waals surface area contributed by atoms with E-state index in [1.165, 1.54) is 12.8 Å². The van der Waals surface area contributed by atoms with Crippen molar-refractivity contribution in [3.05, 3.63) is 28.0 Å². The molecule has 3 heteroatoms. The van der Waals surface area contributed by atoms with E-state index >= 15 is 0 Å². The van der Waals surface area contributed by atoms with Crippen molar-refractivity contribution in [1.29, 1.82) is 0 Å². The van der Waals surface area contributed by atoms with Crippen LogP contribution in [0.1, 0.15) is 39.2 Å². The molecule has 94 valence electrons. The van der Waals surface area contributed by atoms with Gasteiger partial charge in [-0.15, -0.1) is 0 Å². The second kappa shape index (κ2) is 4.21. The van der Waals surface area contributed by atoms with Crippen LogP contribution in [-0.2, 0) is 12.5 Å². The Labute approximate surface area is 103 Å². The zero-order chi connectivity index (χ0) is 12.6. The Balaban J connectivity index is 2.50. The third kappa shape index (κ3) is 2.38. The average molecular weight is 234 g/mol.